The summed E-state index contributed by atoms with van der Waals surface area (Å²) in [5.74, 6) is 6.89. The zero-order valence-electron chi connectivity index (χ0n) is 12.2. The van der Waals surface area contributed by atoms with E-state index in [2.05, 4.69) is 15.7 Å². The number of rotatable bonds is 8. The van der Waals surface area contributed by atoms with Gasteiger partial charge in [-0.3, -0.25) is 10.4 Å². The third-order valence-electron chi connectivity index (χ3n) is 2.78. The topological polar surface area (TPSA) is 80.9 Å². The first-order chi connectivity index (χ1) is 9.80. The van der Waals surface area contributed by atoms with E-state index < -0.39 is 0 Å². The van der Waals surface area contributed by atoms with Gasteiger partial charge < -0.3 is 14.8 Å². The van der Waals surface area contributed by atoms with Crippen LogP contribution in [0, 0.1) is 0 Å². The second-order valence-corrected chi connectivity index (χ2v) is 4.25. The van der Waals surface area contributed by atoms with Gasteiger partial charge in [-0.05, 0) is 30.5 Å². The first kappa shape index (κ1) is 16.3. The van der Waals surface area contributed by atoms with Crippen molar-refractivity contribution in [1.29, 1.82) is 0 Å². The second-order valence-electron chi connectivity index (χ2n) is 4.25. The molecule has 1 rings (SSSR count). The van der Waals surface area contributed by atoms with Gasteiger partial charge in [-0.25, -0.2) is 5.84 Å². The van der Waals surface area contributed by atoms with E-state index in [-0.39, 0.29) is 0 Å². The van der Waals surface area contributed by atoms with Crippen LogP contribution in [-0.4, -0.2) is 39.9 Å². The molecule has 1 aromatic carbocycles. The number of aliphatic imine (C=N–C) groups is 1. The minimum absolute atomic E-state index is 0.606. The smallest absolute Gasteiger partial charge is 0.205 e. The van der Waals surface area contributed by atoms with E-state index in [0.29, 0.717) is 19.1 Å². The number of nitrogens with zero attached hydrogens (tertiary/aromatic N) is 1. The maximum Gasteiger partial charge on any atom is 0.205 e. The molecule has 4 N–H and O–H groups in total. The lowest BCUT2D eigenvalue weighted by Gasteiger charge is -2.09. The van der Waals surface area contributed by atoms with Crippen LogP contribution < -0.4 is 21.3 Å². The van der Waals surface area contributed by atoms with Gasteiger partial charge in [-0.15, -0.1) is 0 Å². The minimum atomic E-state index is 0.606. The molecule has 0 aliphatic carbocycles. The van der Waals surface area contributed by atoms with Crippen LogP contribution in [0.3, 0.4) is 0 Å². The highest BCUT2D eigenvalue weighted by Crippen LogP contribution is 2.11. The fourth-order valence-electron chi connectivity index (χ4n) is 1.67. The third kappa shape index (κ3) is 6.40. The lowest BCUT2D eigenvalue weighted by molar-refractivity contribution is 0.197. The summed E-state index contributed by atoms with van der Waals surface area (Å²) in [5, 5.41) is 3.17. The number of hydrogen-bond donors (Lipinski definition) is 3. The second kappa shape index (κ2) is 10.1. The van der Waals surface area contributed by atoms with Crippen molar-refractivity contribution in [2.24, 2.45) is 10.8 Å². The summed E-state index contributed by atoms with van der Waals surface area (Å²) in [6, 6.07) is 8.00. The number of methoxy groups -OCH3 is 2. The molecular formula is C14H24N4O2. The number of benzene rings is 1. The monoisotopic (exact) mass is 280 g/mol. The van der Waals surface area contributed by atoms with E-state index in [9.17, 15) is 0 Å². The van der Waals surface area contributed by atoms with Crippen molar-refractivity contribution in [3.05, 3.63) is 29.8 Å². The number of hydrazine groups is 1. The van der Waals surface area contributed by atoms with Crippen molar-refractivity contribution in [3.8, 4) is 5.75 Å². The van der Waals surface area contributed by atoms with Crippen molar-refractivity contribution >= 4 is 5.96 Å². The number of hydrogen-bond acceptors (Lipinski definition) is 4. The van der Waals surface area contributed by atoms with Gasteiger partial charge in [0, 0.05) is 26.8 Å². The Morgan fingerprint density at radius 1 is 1.25 bits per heavy atom. The lowest BCUT2D eigenvalue weighted by Crippen LogP contribution is -2.42. The summed E-state index contributed by atoms with van der Waals surface area (Å²) in [5.41, 5.74) is 3.79. The van der Waals surface area contributed by atoms with Gasteiger partial charge in [0.15, 0.2) is 0 Å². The number of guanidine groups is 1. The summed E-state index contributed by atoms with van der Waals surface area (Å²) in [4.78, 5) is 4.31. The molecular weight excluding hydrogens is 256 g/mol. The molecule has 0 aliphatic heterocycles. The van der Waals surface area contributed by atoms with Crippen LogP contribution in [-0.2, 0) is 11.2 Å². The molecule has 0 bridgehead atoms. The summed E-state index contributed by atoms with van der Waals surface area (Å²) >= 11 is 0. The Morgan fingerprint density at radius 3 is 2.60 bits per heavy atom. The van der Waals surface area contributed by atoms with E-state index in [0.717, 1.165) is 25.1 Å². The summed E-state index contributed by atoms with van der Waals surface area (Å²) in [6.45, 7) is 2.15. The van der Waals surface area contributed by atoms with E-state index in [1.165, 1.54) is 5.56 Å². The largest absolute Gasteiger partial charge is 0.497 e. The molecule has 0 spiro atoms. The molecule has 0 heterocycles. The molecule has 0 unspecified atom stereocenters. The Balaban J connectivity index is 2.29. The normalized spacial score (nSPS) is 11.2. The molecule has 0 aromatic heterocycles. The van der Waals surface area contributed by atoms with Crippen molar-refractivity contribution in [1.82, 2.24) is 10.7 Å². The van der Waals surface area contributed by atoms with Crippen molar-refractivity contribution in [2.45, 2.75) is 12.8 Å². The lowest BCUT2D eigenvalue weighted by atomic mass is 10.1. The average molecular weight is 280 g/mol. The van der Waals surface area contributed by atoms with Crippen LogP contribution in [0.4, 0.5) is 0 Å². The summed E-state index contributed by atoms with van der Waals surface area (Å²) in [6.07, 6.45) is 1.77. The van der Waals surface area contributed by atoms with Gasteiger partial charge in [0.05, 0.1) is 7.11 Å². The molecule has 0 amide bonds. The van der Waals surface area contributed by atoms with Crippen LogP contribution >= 0.6 is 0 Å². The molecule has 0 saturated carbocycles. The fourth-order valence-corrected chi connectivity index (χ4v) is 1.67. The van der Waals surface area contributed by atoms with E-state index in [1.54, 1.807) is 14.2 Å². The standard InChI is InChI=1S/C14H24N4O2/c1-19-11-3-9-16-14(18-15)17-10-8-12-4-6-13(20-2)7-5-12/h4-7H,3,8-11,15H2,1-2H3,(H2,16,17,18). The Morgan fingerprint density at radius 2 is 2.00 bits per heavy atom. The number of nitrogens with one attached hydrogen (secondary N) is 2. The van der Waals surface area contributed by atoms with E-state index >= 15 is 0 Å². The molecule has 112 valence electrons. The fraction of sp³-hybridized carbons (Fsp3) is 0.500. The molecule has 1 aromatic rings. The summed E-state index contributed by atoms with van der Waals surface area (Å²) < 4.78 is 10.1. The highest BCUT2D eigenvalue weighted by Gasteiger charge is 1.97. The SMILES string of the molecule is COCCCN=C(NN)NCCc1ccc(OC)cc1. The minimum Gasteiger partial charge on any atom is -0.497 e. The molecule has 0 aliphatic rings. The van der Waals surface area contributed by atoms with Crippen molar-refractivity contribution in [2.75, 3.05) is 33.9 Å². The van der Waals surface area contributed by atoms with E-state index in [1.807, 2.05) is 24.3 Å². The van der Waals surface area contributed by atoms with Crippen molar-refractivity contribution < 1.29 is 9.47 Å². The van der Waals surface area contributed by atoms with Gasteiger partial charge in [0.2, 0.25) is 5.96 Å². The highest BCUT2D eigenvalue weighted by molar-refractivity contribution is 5.79. The van der Waals surface area contributed by atoms with Gasteiger partial charge in [0.25, 0.3) is 0 Å². The molecule has 6 nitrogen and oxygen atoms in total. The molecule has 0 radical (unpaired) electrons. The molecule has 0 atom stereocenters. The average Bonchev–Trinajstić information content (AvgIpc) is 2.50. The van der Waals surface area contributed by atoms with Gasteiger partial charge >= 0.3 is 0 Å². The maximum atomic E-state index is 5.41. The number of nitrogens with two attached hydrogens (primary N) is 1. The molecule has 0 saturated heterocycles. The quantitative estimate of drug-likeness (QED) is 0.214. The van der Waals surface area contributed by atoms with Gasteiger partial charge in [0.1, 0.15) is 5.75 Å². The van der Waals surface area contributed by atoms with Crippen LogP contribution in [0.2, 0.25) is 0 Å². The van der Waals surface area contributed by atoms with Gasteiger partial charge in [-0.1, -0.05) is 12.1 Å². The molecule has 6 heteroatoms. The Labute approximate surface area is 120 Å². The van der Waals surface area contributed by atoms with Crippen LogP contribution in [0.1, 0.15) is 12.0 Å². The Hall–Kier alpha value is -1.79. The third-order valence-corrected chi connectivity index (χ3v) is 2.78. The Kier molecular flexibility index (Phi) is 8.17. The van der Waals surface area contributed by atoms with E-state index in [4.69, 9.17) is 15.3 Å². The Bertz CT molecular complexity index is 393. The summed E-state index contributed by atoms with van der Waals surface area (Å²) in [7, 11) is 3.34. The molecule has 20 heavy (non-hydrogen) atoms. The zero-order chi connectivity index (χ0) is 14.6. The van der Waals surface area contributed by atoms with Crippen LogP contribution in [0.5, 0.6) is 5.75 Å². The predicted octanol–water partition coefficient (Wildman–Crippen LogP) is 0.683. The van der Waals surface area contributed by atoms with Crippen molar-refractivity contribution in [3.63, 3.8) is 0 Å². The van der Waals surface area contributed by atoms with Crippen LogP contribution in [0.25, 0.3) is 0 Å². The highest BCUT2D eigenvalue weighted by atomic mass is 16.5. The number of ether oxygens (including phenoxy) is 2. The molecule has 0 fully saturated rings. The zero-order valence-corrected chi connectivity index (χ0v) is 12.2. The first-order valence-electron chi connectivity index (χ1n) is 6.67. The van der Waals surface area contributed by atoms with Gasteiger partial charge in [-0.2, -0.15) is 0 Å². The maximum absolute atomic E-state index is 5.41. The predicted molar refractivity (Wildman–Crippen MR) is 80.8 cm³/mol. The first-order valence-corrected chi connectivity index (χ1v) is 6.67. The van der Waals surface area contributed by atoms with Crippen LogP contribution in [0.15, 0.2) is 29.3 Å².